The van der Waals surface area contributed by atoms with E-state index < -0.39 is 0 Å². The number of halogens is 1. The van der Waals surface area contributed by atoms with Crippen molar-refractivity contribution in [2.45, 2.75) is 18.2 Å². The van der Waals surface area contributed by atoms with Gasteiger partial charge in [0.15, 0.2) is 0 Å². The number of benzene rings is 3. The number of carbonyl (C=O) groups excluding carboxylic acids is 2. The van der Waals surface area contributed by atoms with Crippen molar-refractivity contribution < 1.29 is 14.3 Å². The SMILES string of the molecule is Cc1ccccc1C(=O)Nc1nnc(CC(=O)N/N=C\c2ccccc2OCCSc2ccc(Cl)cc2)s1. The molecule has 0 aliphatic heterocycles. The molecule has 4 aromatic rings. The summed E-state index contributed by atoms with van der Waals surface area (Å²) in [5.41, 5.74) is 4.65. The Labute approximate surface area is 233 Å². The zero-order chi connectivity index (χ0) is 26.7. The van der Waals surface area contributed by atoms with Crippen LogP contribution >= 0.6 is 34.7 Å². The highest BCUT2D eigenvalue weighted by molar-refractivity contribution is 7.99. The van der Waals surface area contributed by atoms with Crippen LogP contribution < -0.4 is 15.5 Å². The lowest BCUT2D eigenvalue weighted by Gasteiger charge is -2.09. The maximum absolute atomic E-state index is 12.4. The van der Waals surface area contributed by atoms with Gasteiger partial charge >= 0.3 is 0 Å². The van der Waals surface area contributed by atoms with Gasteiger partial charge in [-0.1, -0.05) is 53.3 Å². The lowest BCUT2D eigenvalue weighted by molar-refractivity contribution is -0.120. The average Bonchev–Trinajstić information content (AvgIpc) is 3.35. The Bertz CT molecular complexity index is 1430. The van der Waals surface area contributed by atoms with Gasteiger partial charge in [0.25, 0.3) is 5.91 Å². The van der Waals surface area contributed by atoms with E-state index in [2.05, 4.69) is 26.0 Å². The van der Waals surface area contributed by atoms with Crippen LogP contribution in [0.2, 0.25) is 5.02 Å². The van der Waals surface area contributed by atoms with Gasteiger partial charge in [-0.25, -0.2) is 5.43 Å². The van der Waals surface area contributed by atoms with Crippen molar-refractivity contribution in [3.8, 4) is 5.75 Å². The fraction of sp³-hybridized carbons (Fsp3) is 0.148. The van der Waals surface area contributed by atoms with Gasteiger partial charge in [-0.15, -0.1) is 22.0 Å². The molecular weight excluding hydrogens is 542 g/mol. The number of nitrogens with zero attached hydrogens (tertiary/aromatic N) is 3. The maximum Gasteiger partial charge on any atom is 0.257 e. The minimum absolute atomic E-state index is 0.0185. The largest absolute Gasteiger partial charge is 0.492 e. The summed E-state index contributed by atoms with van der Waals surface area (Å²) < 4.78 is 5.91. The second-order valence-corrected chi connectivity index (χ2v) is 10.6. The van der Waals surface area contributed by atoms with Crippen LogP contribution in [-0.2, 0) is 11.2 Å². The van der Waals surface area contributed by atoms with Crippen molar-refractivity contribution in [3.05, 3.63) is 99.5 Å². The minimum atomic E-state index is -0.355. The molecule has 0 fully saturated rings. The predicted molar refractivity (Wildman–Crippen MR) is 153 cm³/mol. The Morgan fingerprint density at radius 2 is 1.82 bits per heavy atom. The van der Waals surface area contributed by atoms with Crippen molar-refractivity contribution in [2.75, 3.05) is 17.7 Å². The first-order chi connectivity index (χ1) is 18.5. The summed E-state index contributed by atoms with van der Waals surface area (Å²) in [5, 5.41) is 16.2. The molecule has 0 aliphatic rings. The molecule has 0 radical (unpaired) electrons. The molecule has 0 bridgehead atoms. The summed E-state index contributed by atoms with van der Waals surface area (Å²) in [7, 11) is 0. The number of hydrazone groups is 1. The Kier molecular flexibility index (Phi) is 9.85. The van der Waals surface area contributed by atoms with Gasteiger partial charge in [0, 0.05) is 26.8 Å². The minimum Gasteiger partial charge on any atom is -0.492 e. The molecule has 3 aromatic carbocycles. The van der Waals surface area contributed by atoms with Gasteiger partial charge in [-0.3, -0.25) is 14.9 Å². The van der Waals surface area contributed by atoms with Crippen molar-refractivity contribution >= 4 is 57.9 Å². The maximum atomic E-state index is 12.4. The molecule has 0 atom stereocenters. The first kappa shape index (κ1) is 27.3. The van der Waals surface area contributed by atoms with Crippen LogP contribution in [0.15, 0.2) is 82.8 Å². The third kappa shape index (κ3) is 8.14. The van der Waals surface area contributed by atoms with E-state index in [1.165, 1.54) is 6.21 Å². The lowest BCUT2D eigenvalue weighted by Crippen LogP contribution is -2.19. The highest BCUT2D eigenvalue weighted by Crippen LogP contribution is 2.22. The molecule has 1 aromatic heterocycles. The quantitative estimate of drug-likeness (QED) is 0.106. The van der Waals surface area contributed by atoms with Gasteiger partial charge in [0.05, 0.1) is 19.2 Å². The summed E-state index contributed by atoms with van der Waals surface area (Å²) in [6.07, 6.45) is 1.52. The average molecular weight is 566 g/mol. The molecule has 0 aliphatic carbocycles. The van der Waals surface area contributed by atoms with Gasteiger partial charge in [0.1, 0.15) is 10.8 Å². The standard InChI is InChI=1S/C27H24ClN5O3S2/c1-18-6-2-4-8-22(18)26(35)30-27-33-32-25(38-27)16-24(34)31-29-17-19-7-3-5-9-23(19)36-14-15-37-21-12-10-20(28)11-13-21/h2-13,17H,14-16H2,1H3,(H,31,34)(H,30,33,35)/b29-17-. The normalized spacial score (nSPS) is 10.9. The first-order valence-electron chi connectivity index (χ1n) is 11.6. The number of amides is 2. The van der Waals surface area contributed by atoms with Crippen molar-refractivity contribution in [3.63, 3.8) is 0 Å². The van der Waals surface area contributed by atoms with E-state index >= 15 is 0 Å². The predicted octanol–water partition coefficient (Wildman–Crippen LogP) is 5.62. The number of rotatable bonds is 11. The smallest absolute Gasteiger partial charge is 0.257 e. The molecule has 11 heteroatoms. The molecule has 0 unspecified atom stereocenters. The van der Waals surface area contributed by atoms with Crippen LogP contribution in [0.5, 0.6) is 5.75 Å². The van der Waals surface area contributed by atoms with Crippen molar-refractivity contribution in [1.82, 2.24) is 15.6 Å². The molecule has 0 spiro atoms. The fourth-order valence-electron chi connectivity index (χ4n) is 3.28. The monoisotopic (exact) mass is 565 g/mol. The molecule has 8 nitrogen and oxygen atoms in total. The second kappa shape index (κ2) is 13.7. The topological polar surface area (TPSA) is 106 Å². The number of para-hydroxylation sites is 1. The number of anilines is 1. The lowest BCUT2D eigenvalue weighted by atomic mass is 10.1. The van der Waals surface area contributed by atoms with Crippen LogP contribution in [0.3, 0.4) is 0 Å². The number of hydrogen-bond donors (Lipinski definition) is 2. The molecule has 38 heavy (non-hydrogen) atoms. The molecular formula is C27H24ClN5O3S2. The van der Waals surface area contributed by atoms with Gasteiger partial charge in [-0.2, -0.15) is 5.10 Å². The summed E-state index contributed by atoms with van der Waals surface area (Å²) in [6.45, 7) is 2.36. The third-order valence-electron chi connectivity index (χ3n) is 5.12. The molecule has 2 N–H and O–H groups in total. The summed E-state index contributed by atoms with van der Waals surface area (Å²) in [6, 6.07) is 22.4. The van der Waals surface area contributed by atoms with Crippen LogP contribution in [-0.4, -0.2) is 40.6 Å². The number of carbonyl (C=O) groups is 2. The number of nitrogens with one attached hydrogen (secondary N) is 2. The van der Waals surface area contributed by atoms with Crippen LogP contribution in [0, 0.1) is 6.92 Å². The highest BCUT2D eigenvalue weighted by Gasteiger charge is 2.13. The van der Waals surface area contributed by atoms with Crippen LogP contribution in [0.25, 0.3) is 0 Å². The molecule has 4 rings (SSSR count). The number of hydrogen-bond acceptors (Lipinski definition) is 8. The number of ether oxygens (including phenoxy) is 1. The highest BCUT2D eigenvalue weighted by atomic mass is 35.5. The van der Waals surface area contributed by atoms with Crippen molar-refractivity contribution in [2.24, 2.45) is 5.10 Å². The molecule has 2 amide bonds. The van der Waals surface area contributed by atoms with E-state index in [9.17, 15) is 9.59 Å². The molecule has 0 saturated heterocycles. The van der Waals surface area contributed by atoms with E-state index in [0.29, 0.717) is 33.1 Å². The third-order valence-corrected chi connectivity index (χ3v) is 7.19. The van der Waals surface area contributed by atoms with E-state index in [-0.39, 0.29) is 18.2 Å². The van der Waals surface area contributed by atoms with Crippen molar-refractivity contribution in [1.29, 1.82) is 0 Å². The summed E-state index contributed by atoms with van der Waals surface area (Å²) in [5.74, 6) is 0.802. The fourth-order valence-corrected chi connectivity index (χ4v) is 4.87. The number of aryl methyl sites for hydroxylation is 1. The van der Waals surface area contributed by atoms with Crippen LogP contribution in [0.1, 0.15) is 26.5 Å². The van der Waals surface area contributed by atoms with E-state index in [4.69, 9.17) is 16.3 Å². The van der Waals surface area contributed by atoms with Gasteiger partial charge in [0.2, 0.25) is 11.0 Å². The van der Waals surface area contributed by atoms with Gasteiger partial charge in [-0.05, 0) is 55.0 Å². The Balaban J connectivity index is 1.23. The molecule has 194 valence electrons. The Morgan fingerprint density at radius 1 is 1.05 bits per heavy atom. The Hall–Kier alpha value is -3.73. The molecule has 0 saturated carbocycles. The summed E-state index contributed by atoms with van der Waals surface area (Å²) >= 11 is 8.73. The first-order valence-corrected chi connectivity index (χ1v) is 13.8. The zero-order valence-corrected chi connectivity index (χ0v) is 22.8. The molecule has 1 heterocycles. The second-order valence-electron chi connectivity index (χ2n) is 7.93. The van der Waals surface area contributed by atoms with Gasteiger partial charge < -0.3 is 4.74 Å². The van der Waals surface area contributed by atoms with E-state index in [1.54, 1.807) is 23.9 Å². The van der Waals surface area contributed by atoms with Crippen LogP contribution in [0.4, 0.5) is 5.13 Å². The number of aromatic nitrogens is 2. The van der Waals surface area contributed by atoms with E-state index in [1.807, 2.05) is 67.6 Å². The van der Waals surface area contributed by atoms with E-state index in [0.717, 1.165) is 33.1 Å². The summed E-state index contributed by atoms with van der Waals surface area (Å²) in [4.78, 5) is 25.9. The Morgan fingerprint density at radius 3 is 2.63 bits per heavy atom. The zero-order valence-electron chi connectivity index (χ0n) is 20.4. The number of thioether (sulfide) groups is 1.